The minimum Gasteiger partial charge on any atom is -0.320 e. The summed E-state index contributed by atoms with van der Waals surface area (Å²) in [6.07, 6.45) is 0. The van der Waals surface area contributed by atoms with Crippen LogP contribution >= 0.6 is 22.9 Å². The van der Waals surface area contributed by atoms with E-state index >= 15 is 0 Å². The largest absolute Gasteiger partial charge is 0.322 e. The molecule has 2 amide bonds. The number of amides is 2. The fourth-order valence-electron chi connectivity index (χ4n) is 2.10. The molecule has 25 heavy (non-hydrogen) atoms. The number of thiophene rings is 1. The number of halogens is 1. The molecule has 0 saturated heterocycles. The van der Waals surface area contributed by atoms with Gasteiger partial charge in [0.1, 0.15) is 0 Å². The van der Waals surface area contributed by atoms with Gasteiger partial charge in [0.2, 0.25) is 10.0 Å². The molecule has 0 aliphatic heterocycles. The first-order valence-corrected chi connectivity index (χ1v) is 10.2. The Morgan fingerprint density at radius 3 is 2.52 bits per heavy atom. The Kier molecular flexibility index (Phi) is 6.45. The Morgan fingerprint density at radius 2 is 1.96 bits per heavy atom. The fraction of sp³-hybridized carbons (Fsp3) is 0.312. The van der Waals surface area contributed by atoms with Gasteiger partial charge in [-0.15, -0.1) is 11.3 Å². The van der Waals surface area contributed by atoms with E-state index in [2.05, 4.69) is 5.32 Å². The van der Waals surface area contributed by atoms with Crippen molar-refractivity contribution in [3.05, 3.63) is 45.6 Å². The molecule has 0 atom stereocenters. The molecule has 0 saturated carbocycles. The lowest BCUT2D eigenvalue weighted by Gasteiger charge is -2.21. The first kappa shape index (κ1) is 19.7. The molecule has 0 aliphatic carbocycles. The molecule has 6 nitrogen and oxygen atoms in total. The molecule has 0 spiro atoms. The molecule has 1 N–H and O–H groups in total. The van der Waals surface area contributed by atoms with Gasteiger partial charge in [-0.05, 0) is 37.3 Å². The summed E-state index contributed by atoms with van der Waals surface area (Å²) < 4.78 is 26.2. The van der Waals surface area contributed by atoms with Crippen LogP contribution in [0.15, 0.2) is 41.3 Å². The van der Waals surface area contributed by atoms with Gasteiger partial charge in [0.05, 0.1) is 15.8 Å². The smallest absolute Gasteiger partial charge is 0.320 e. The maximum Gasteiger partial charge on any atom is 0.322 e. The molecule has 1 aromatic heterocycles. The number of sulfonamides is 1. The third kappa shape index (κ3) is 4.94. The zero-order chi connectivity index (χ0) is 18.6. The van der Waals surface area contributed by atoms with E-state index in [4.69, 9.17) is 11.6 Å². The number of nitrogens with one attached hydrogen (secondary N) is 1. The number of hydrogen-bond acceptors (Lipinski definition) is 4. The highest BCUT2D eigenvalue weighted by Crippen LogP contribution is 2.23. The minimum absolute atomic E-state index is 0.128. The summed E-state index contributed by atoms with van der Waals surface area (Å²) in [4.78, 5) is 15.2. The normalized spacial score (nSPS) is 11.6. The van der Waals surface area contributed by atoms with Crippen LogP contribution in [0.2, 0.25) is 4.34 Å². The van der Waals surface area contributed by atoms with E-state index in [1.807, 2.05) is 13.0 Å². The second-order valence-electron chi connectivity index (χ2n) is 5.47. The van der Waals surface area contributed by atoms with E-state index in [0.717, 1.165) is 9.18 Å². The van der Waals surface area contributed by atoms with Gasteiger partial charge in [0.25, 0.3) is 0 Å². The number of anilines is 1. The molecule has 1 aromatic carbocycles. The lowest BCUT2D eigenvalue weighted by atomic mass is 10.3. The van der Waals surface area contributed by atoms with Gasteiger partial charge < -0.3 is 10.2 Å². The van der Waals surface area contributed by atoms with Crippen molar-refractivity contribution in [1.29, 1.82) is 0 Å². The second-order valence-corrected chi connectivity index (χ2v) is 9.42. The number of urea groups is 1. The standard InChI is InChI=1S/C16H20ClN3O3S2/c1-4-20(11-13-8-9-15(17)24-13)16(21)18-12-6-5-7-14(10-12)25(22,23)19(2)3/h5-10H,4,11H2,1-3H3,(H,18,21). The summed E-state index contributed by atoms with van der Waals surface area (Å²) in [6.45, 7) is 2.83. The number of benzene rings is 1. The van der Waals surface area contributed by atoms with Crippen molar-refractivity contribution in [2.24, 2.45) is 0 Å². The molecule has 2 aromatic rings. The molecule has 9 heteroatoms. The summed E-state index contributed by atoms with van der Waals surface area (Å²) in [5.41, 5.74) is 0.426. The Morgan fingerprint density at radius 1 is 1.24 bits per heavy atom. The monoisotopic (exact) mass is 401 g/mol. The van der Waals surface area contributed by atoms with Crippen molar-refractivity contribution in [1.82, 2.24) is 9.21 Å². The number of hydrogen-bond donors (Lipinski definition) is 1. The van der Waals surface area contributed by atoms with Crippen LogP contribution in [0.4, 0.5) is 10.5 Å². The predicted octanol–water partition coefficient (Wildman–Crippen LogP) is 3.71. The average molecular weight is 402 g/mol. The second kappa shape index (κ2) is 8.18. The van der Waals surface area contributed by atoms with Gasteiger partial charge >= 0.3 is 6.03 Å². The quantitative estimate of drug-likeness (QED) is 0.802. The fourth-order valence-corrected chi connectivity index (χ4v) is 4.15. The Bertz CT molecular complexity index is 850. The maximum absolute atomic E-state index is 12.5. The molecular weight excluding hydrogens is 382 g/mol. The third-order valence-corrected chi connectivity index (χ3v) is 6.54. The number of carbonyl (C=O) groups excluding carboxylic acids is 1. The Hall–Kier alpha value is -1.61. The van der Waals surface area contributed by atoms with Crippen LogP contribution in [0.3, 0.4) is 0 Å². The number of nitrogens with zero attached hydrogens (tertiary/aromatic N) is 2. The van der Waals surface area contributed by atoms with Crippen LogP contribution in [0.1, 0.15) is 11.8 Å². The van der Waals surface area contributed by atoms with Crippen LogP contribution in [0.25, 0.3) is 0 Å². The van der Waals surface area contributed by atoms with Crippen molar-refractivity contribution < 1.29 is 13.2 Å². The molecule has 0 bridgehead atoms. The van der Waals surface area contributed by atoms with Gasteiger partial charge in [-0.3, -0.25) is 0 Å². The van der Waals surface area contributed by atoms with Crippen molar-refractivity contribution in [3.8, 4) is 0 Å². The zero-order valence-corrected chi connectivity index (χ0v) is 16.6. The zero-order valence-electron chi connectivity index (χ0n) is 14.2. The first-order valence-electron chi connectivity index (χ1n) is 7.56. The van der Waals surface area contributed by atoms with Gasteiger partial charge in [-0.1, -0.05) is 17.7 Å². The summed E-state index contributed by atoms with van der Waals surface area (Å²) in [6, 6.07) is 9.57. The van der Waals surface area contributed by atoms with E-state index in [1.165, 1.54) is 37.6 Å². The molecule has 2 rings (SSSR count). The van der Waals surface area contributed by atoms with E-state index < -0.39 is 10.0 Å². The summed E-state index contributed by atoms with van der Waals surface area (Å²) in [5.74, 6) is 0. The van der Waals surface area contributed by atoms with Gasteiger partial charge in [-0.2, -0.15) is 0 Å². The van der Waals surface area contributed by atoms with Gasteiger partial charge in [0.15, 0.2) is 0 Å². The summed E-state index contributed by atoms with van der Waals surface area (Å²) in [5, 5.41) is 2.75. The first-order chi connectivity index (χ1) is 11.7. The molecule has 0 radical (unpaired) electrons. The SMILES string of the molecule is CCN(Cc1ccc(Cl)s1)C(=O)Nc1cccc(S(=O)(=O)N(C)C)c1. The topological polar surface area (TPSA) is 69.7 Å². The van der Waals surface area contributed by atoms with E-state index in [9.17, 15) is 13.2 Å². The molecule has 136 valence electrons. The van der Waals surface area contributed by atoms with Crippen LogP contribution in [0, 0.1) is 0 Å². The highest BCUT2D eigenvalue weighted by molar-refractivity contribution is 7.89. The Balaban J connectivity index is 2.13. The van der Waals surface area contributed by atoms with Gasteiger partial charge in [0, 0.05) is 31.2 Å². The number of carbonyl (C=O) groups is 1. The summed E-state index contributed by atoms with van der Waals surface area (Å²) in [7, 11) is -0.624. The van der Waals surface area contributed by atoms with E-state index in [0.29, 0.717) is 23.1 Å². The van der Waals surface area contributed by atoms with Crippen molar-refractivity contribution in [3.63, 3.8) is 0 Å². The van der Waals surface area contributed by atoms with Crippen molar-refractivity contribution in [2.45, 2.75) is 18.4 Å². The third-order valence-electron chi connectivity index (χ3n) is 3.51. The molecule has 0 unspecified atom stereocenters. The molecular formula is C16H20ClN3O3S2. The lowest BCUT2D eigenvalue weighted by Crippen LogP contribution is -2.34. The van der Waals surface area contributed by atoms with Crippen molar-refractivity contribution >= 4 is 44.7 Å². The van der Waals surface area contributed by atoms with E-state index in [-0.39, 0.29) is 10.9 Å². The molecule has 1 heterocycles. The maximum atomic E-state index is 12.5. The molecule has 0 fully saturated rings. The average Bonchev–Trinajstić information content (AvgIpc) is 2.97. The minimum atomic E-state index is -3.55. The van der Waals surface area contributed by atoms with Crippen LogP contribution in [-0.2, 0) is 16.6 Å². The van der Waals surface area contributed by atoms with Crippen molar-refractivity contribution in [2.75, 3.05) is 26.0 Å². The van der Waals surface area contributed by atoms with E-state index in [1.54, 1.807) is 23.1 Å². The van der Waals surface area contributed by atoms with Crippen LogP contribution in [-0.4, -0.2) is 44.3 Å². The van der Waals surface area contributed by atoms with Crippen LogP contribution in [0.5, 0.6) is 0 Å². The lowest BCUT2D eigenvalue weighted by molar-refractivity contribution is 0.212. The van der Waals surface area contributed by atoms with Gasteiger partial charge in [-0.25, -0.2) is 17.5 Å². The van der Waals surface area contributed by atoms with Crippen LogP contribution < -0.4 is 5.32 Å². The predicted molar refractivity (Wildman–Crippen MR) is 102 cm³/mol. The highest BCUT2D eigenvalue weighted by atomic mass is 35.5. The highest BCUT2D eigenvalue weighted by Gasteiger charge is 2.18. The number of rotatable bonds is 6. The summed E-state index contributed by atoms with van der Waals surface area (Å²) >= 11 is 7.34. The molecule has 0 aliphatic rings. The Labute approximate surface area is 157 Å².